The van der Waals surface area contributed by atoms with Gasteiger partial charge in [0.25, 0.3) is 5.56 Å². The van der Waals surface area contributed by atoms with E-state index in [-0.39, 0.29) is 16.1 Å². The molecule has 0 saturated carbocycles. The van der Waals surface area contributed by atoms with E-state index in [9.17, 15) is 18.4 Å². The van der Waals surface area contributed by atoms with Crippen molar-refractivity contribution in [2.24, 2.45) is 5.73 Å². The third-order valence-corrected chi connectivity index (χ3v) is 5.14. The maximum atomic E-state index is 13.8. The molecule has 1 atom stereocenters. The van der Waals surface area contributed by atoms with Crippen molar-refractivity contribution in [3.63, 3.8) is 0 Å². The van der Waals surface area contributed by atoms with Crippen LogP contribution in [-0.2, 0) is 0 Å². The van der Waals surface area contributed by atoms with Crippen LogP contribution < -0.4 is 21.9 Å². The number of carbonyl (C=O) groups excluding carboxylic acids is 1. The lowest BCUT2D eigenvalue weighted by Gasteiger charge is -2.17. The number of hydrogen-bond acceptors (Lipinski definition) is 4. The lowest BCUT2D eigenvalue weighted by Crippen LogP contribution is -2.28. The summed E-state index contributed by atoms with van der Waals surface area (Å²) in [6.07, 6.45) is 0. The van der Waals surface area contributed by atoms with E-state index in [4.69, 9.17) is 17.3 Å². The average molecular weight is 470 g/mol. The lowest BCUT2D eigenvalue weighted by molar-refractivity contribution is 0.262. The molecule has 0 bridgehead atoms. The molecule has 1 aromatic heterocycles. The molecule has 0 unspecified atom stereocenters. The SMILES string of the molecule is C[C@H](N)c1nc2cccc(Cl)c2c(=O)n1-c1cccc(NC(=O)Nc2ccc(F)cc2F)c1. The van der Waals surface area contributed by atoms with Crippen molar-refractivity contribution in [1.82, 2.24) is 9.55 Å². The largest absolute Gasteiger partial charge is 0.323 e. The Morgan fingerprint density at radius 3 is 2.58 bits per heavy atom. The smallest absolute Gasteiger partial charge is 0.322 e. The molecular formula is C23H18ClF2N5O2. The van der Waals surface area contributed by atoms with Crippen molar-refractivity contribution >= 4 is 39.9 Å². The number of carbonyl (C=O) groups is 1. The number of nitrogens with two attached hydrogens (primary N) is 1. The Morgan fingerprint density at radius 2 is 1.85 bits per heavy atom. The third-order valence-electron chi connectivity index (χ3n) is 4.82. The van der Waals surface area contributed by atoms with E-state index in [2.05, 4.69) is 15.6 Å². The van der Waals surface area contributed by atoms with Gasteiger partial charge in [-0.25, -0.2) is 18.6 Å². The Kier molecular flexibility index (Phi) is 6.08. The molecule has 168 valence electrons. The second kappa shape index (κ2) is 8.97. The first-order valence-corrected chi connectivity index (χ1v) is 10.2. The number of benzene rings is 3. The fraction of sp³-hybridized carbons (Fsp3) is 0.0870. The highest BCUT2D eigenvalue weighted by Gasteiger charge is 2.18. The summed E-state index contributed by atoms with van der Waals surface area (Å²) >= 11 is 6.25. The van der Waals surface area contributed by atoms with Gasteiger partial charge in [0, 0.05) is 11.8 Å². The second-order valence-corrected chi connectivity index (χ2v) is 7.69. The molecule has 4 aromatic rings. The van der Waals surface area contributed by atoms with Crippen LogP contribution in [0.15, 0.2) is 65.5 Å². The first kappa shape index (κ1) is 22.4. The molecule has 4 rings (SSSR count). The van der Waals surface area contributed by atoms with Crippen LogP contribution in [0.1, 0.15) is 18.8 Å². The van der Waals surface area contributed by atoms with Crippen LogP contribution in [0.3, 0.4) is 0 Å². The summed E-state index contributed by atoms with van der Waals surface area (Å²) in [4.78, 5) is 30.2. The molecule has 0 radical (unpaired) electrons. The van der Waals surface area contributed by atoms with Gasteiger partial charge in [0.2, 0.25) is 0 Å². The normalized spacial score (nSPS) is 11.9. The minimum Gasteiger partial charge on any atom is -0.322 e. The van der Waals surface area contributed by atoms with E-state index in [0.29, 0.717) is 28.8 Å². The van der Waals surface area contributed by atoms with E-state index >= 15 is 0 Å². The summed E-state index contributed by atoms with van der Waals surface area (Å²) in [6, 6.07) is 12.8. The van der Waals surface area contributed by atoms with Crippen molar-refractivity contribution in [3.05, 3.63) is 93.5 Å². The number of halogens is 3. The van der Waals surface area contributed by atoms with Crippen LogP contribution in [0.5, 0.6) is 0 Å². The lowest BCUT2D eigenvalue weighted by atomic mass is 10.2. The van der Waals surface area contributed by atoms with Crippen LogP contribution >= 0.6 is 11.6 Å². The fourth-order valence-electron chi connectivity index (χ4n) is 3.36. The van der Waals surface area contributed by atoms with E-state index in [1.54, 1.807) is 43.3 Å². The molecule has 0 aliphatic heterocycles. The van der Waals surface area contributed by atoms with E-state index in [1.165, 1.54) is 10.6 Å². The summed E-state index contributed by atoms with van der Waals surface area (Å²) in [7, 11) is 0. The van der Waals surface area contributed by atoms with Crippen LogP contribution in [0.2, 0.25) is 5.02 Å². The Morgan fingerprint density at radius 1 is 1.09 bits per heavy atom. The predicted octanol–water partition coefficient (Wildman–Crippen LogP) is 4.98. The van der Waals surface area contributed by atoms with Crippen molar-refractivity contribution in [2.45, 2.75) is 13.0 Å². The quantitative estimate of drug-likeness (QED) is 0.392. The molecule has 0 fully saturated rings. The highest BCUT2D eigenvalue weighted by molar-refractivity contribution is 6.35. The van der Waals surface area contributed by atoms with Gasteiger partial charge >= 0.3 is 6.03 Å². The predicted molar refractivity (Wildman–Crippen MR) is 124 cm³/mol. The standard InChI is InChI=1S/C23H18ClF2N5O2/c1-12(27)21-29-19-7-3-6-16(24)20(19)22(32)31(21)15-5-2-4-14(11-15)28-23(33)30-18-9-8-13(25)10-17(18)26/h2-12H,27H2,1H3,(H2,28,30,33)/t12-/m0/s1. The number of anilines is 2. The number of urea groups is 1. The van der Waals surface area contributed by atoms with Crippen molar-refractivity contribution in [1.29, 1.82) is 0 Å². The molecule has 0 spiro atoms. The van der Waals surface area contributed by atoms with Crippen molar-refractivity contribution in [2.75, 3.05) is 10.6 Å². The molecule has 2 amide bonds. The highest BCUT2D eigenvalue weighted by atomic mass is 35.5. The summed E-state index contributed by atoms with van der Waals surface area (Å²) in [5.74, 6) is -1.36. The number of aromatic nitrogens is 2. The molecule has 0 aliphatic rings. The maximum absolute atomic E-state index is 13.8. The fourth-order valence-corrected chi connectivity index (χ4v) is 3.61. The Labute approximate surface area is 191 Å². The van der Waals surface area contributed by atoms with E-state index in [0.717, 1.165) is 12.1 Å². The first-order valence-electron chi connectivity index (χ1n) is 9.85. The number of fused-ring (bicyclic) bond motifs is 1. The molecule has 4 N–H and O–H groups in total. The number of rotatable bonds is 4. The first-order chi connectivity index (χ1) is 15.7. The molecule has 33 heavy (non-hydrogen) atoms. The van der Waals surface area contributed by atoms with Crippen LogP contribution in [0.4, 0.5) is 25.0 Å². The van der Waals surface area contributed by atoms with Gasteiger partial charge in [0.05, 0.1) is 33.3 Å². The number of nitrogens with zero attached hydrogens (tertiary/aromatic N) is 2. The Bertz CT molecular complexity index is 1440. The van der Waals surface area contributed by atoms with Gasteiger partial charge in [0.1, 0.15) is 17.5 Å². The third kappa shape index (κ3) is 4.55. The molecule has 10 heteroatoms. The van der Waals surface area contributed by atoms with Crippen molar-refractivity contribution < 1.29 is 13.6 Å². The van der Waals surface area contributed by atoms with Gasteiger partial charge in [-0.05, 0) is 49.4 Å². The zero-order valence-electron chi connectivity index (χ0n) is 17.3. The van der Waals surface area contributed by atoms with Gasteiger partial charge in [-0.1, -0.05) is 23.7 Å². The van der Waals surface area contributed by atoms with Gasteiger partial charge in [-0.3, -0.25) is 9.36 Å². The molecule has 7 nitrogen and oxygen atoms in total. The topological polar surface area (TPSA) is 102 Å². The van der Waals surface area contributed by atoms with Gasteiger partial charge in [0.15, 0.2) is 0 Å². The van der Waals surface area contributed by atoms with Crippen LogP contribution in [0, 0.1) is 11.6 Å². The Balaban J connectivity index is 1.71. The summed E-state index contributed by atoms with van der Waals surface area (Å²) < 4.78 is 28.2. The maximum Gasteiger partial charge on any atom is 0.323 e. The molecule has 0 aliphatic carbocycles. The summed E-state index contributed by atoms with van der Waals surface area (Å²) in [6.45, 7) is 1.70. The molecule has 3 aromatic carbocycles. The number of hydrogen-bond donors (Lipinski definition) is 3. The minimum atomic E-state index is -0.911. The summed E-state index contributed by atoms with van der Waals surface area (Å²) in [5, 5.41) is 5.36. The highest BCUT2D eigenvalue weighted by Crippen LogP contribution is 2.23. The monoisotopic (exact) mass is 469 g/mol. The van der Waals surface area contributed by atoms with Gasteiger partial charge < -0.3 is 16.4 Å². The molecular weight excluding hydrogens is 452 g/mol. The average Bonchev–Trinajstić information content (AvgIpc) is 2.75. The van der Waals surface area contributed by atoms with Gasteiger partial charge in [-0.15, -0.1) is 0 Å². The summed E-state index contributed by atoms with van der Waals surface area (Å²) in [5.41, 5.74) is 6.62. The zero-order valence-corrected chi connectivity index (χ0v) is 18.0. The molecule has 1 heterocycles. The van der Waals surface area contributed by atoms with E-state index in [1.807, 2.05) is 0 Å². The number of amides is 2. The van der Waals surface area contributed by atoms with Crippen molar-refractivity contribution in [3.8, 4) is 5.69 Å². The second-order valence-electron chi connectivity index (χ2n) is 7.29. The van der Waals surface area contributed by atoms with Gasteiger partial charge in [-0.2, -0.15) is 0 Å². The van der Waals surface area contributed by atoms with Crippen LogP contribution in [-0.4, -0.2) is 15.6 Å². The minimum absolute atomic E-state index is 0.186. The Hall–Kier alpha value is -3.82. The molecule has 0 saturated heterocycles. The number of nitrogens with one attached hydrogen (secondary N) is 2. The van der Waals surface area contributed by atoms with E-state index < -0.39 is 29.3 Å². The zero-order chi connectivity index (χ0) is 23.7. The van der Waals surface area contributed by atoms with Crippen LogP contribution in [0.25, 0.3) is 16.6 Å².